The number of nitro groups is 1. The van der Waals surface area contributed by atoms with Crippen molar-refractivity contribution in [3.8, 4) is 0 Å². The number of nitrogens with one attached hydrogen (secondary N) is 1. The van der Waals surface area contributed by atoms with Gasteiger partial charge in [-0.05, 0) is 12.5 Å². The molecule has 0 spiro atoms. The van der Waals surface area contributed by atoms with E-state index in [2.05, 4.69) is 15.2 Å². The normalized spacial score (nSPS) is 23.6. The molecule has 23 heavy (non-hydrogen) atoms. The molecular weight excluding hydrogens is 300 g/mol. The van der Waals surface area contributed by atoms with E-state index in [-0.39, 0.29) is 11.7 Å². The number of morpholine rings is 1. The van der Waals surface area contributed by atoms with Gasteiger partial charge in [-0.1, -0.05) is 0 Å². The van der Waals surface area contributed by atoms with Gasteiger partial charge in [0.25, 0.3) is 0 Å². The van der Waals surface area contributed by atoms with Crippen molar-refractivity contribution in [2.45, 2.75) is 12.5 Å². The van der Waals surface area contributed by atoms with Crippen LogP contribution in [-0.4, -0.2) is 66.9 Å². The number of anilines is 1. The van der Waals surface area contributed by atoms with E-state index in [9.17, 15) is 10.1 Å². The zero-order valence-electron chi connectivity index (χ0n) is 13.0. The van der Waals surface area contributed by atoms with Crippen LogP contribution in [-0.2, 0) is 9.47 Å². The highest BCUT2D eigenvalue weighted by atomic mass is 16.6. The van der Waals surface area contributed by atoms with Crippen molar-refractivity contribution in [2.24, 2.45) is 5.92 Å². The Hall–Kier alpha value is -1.77. The lowest BCUT2D eigenvalue weighted by atomic mass is 9.97. The maximum absolute atomic E-state index is 11.1. The van der Waals surface area contributed by atoms with Crippen LogP contribution >= 0.6 is 0 Å². The fourth-order valence-electron chi connectivity index (χ4n) is 3.24. The minimum atomic E-state index is -0.405. The molecule has 0 radical (unpaired) electrons. The number of hydrogen-bond acceptors (Lipinski definition) is 7. The average molecular weight is 322 g/mol. The third-order valence-electron chi connectivity index (χ3n) is 4.49. The Morgan fingerprint density at radius 1 is 1.39 bits per heavy atom. The molecule has 8 heteroatoms. The van der Waals surface area contributed by atoms with Crippen molar-refractivity contribution in [3.63, 3.8) is 0 Å². The lowest BCUT2D eigenvalue weighted by Crippen LogP contribution is -2.50. The van der Waals surface area contributed by atoms with Gasteiger partial charge in [-0.15, -0.1) is 0 Å². The summed E-state index contributed by atoms with van der Waals surface area (Å²) >= 11 is 0. The van der Waals surface area contributed by atoms with Gasteiger partial charge in [-0.2, -0.15) is 0 Å². The zero-order valence-corrected chi connectivity index (χ0v) is 13.0. The van der Waals surface area contributed by atoms with Crippen LogP contribution in [0.15, 0.2) is 18.3 Å². The second-order valence-corrected chi connectivity index (χ2v) is 5.85. The summed E-state index contributed by atoms with van der Waals surface area (Å²) in [6.45, 7) is 5.37. The van der Waals surface area contributed by atoms with Gasteiger partial charge in [0.2, 0.25) is 5.82 Å². The second-order valence-electron chi connectivity index (χ2n) is 5.85. The highest BCUT2D eigenvalue weighted by molar-refractivity contribution is 5.55. The van der Waals surface area contributed by atoms with Gasteiger partial charge in [0, 0.05) is 50.5 Å². The Morgan fingerprint density at radius 3 is 2.91 bits per heavy atom. The summed E-state index contributed by atoms with van der Waals surface area (Å²) in [5, 5.41) is 14.3. The topological polar surface area (TPSA) is 89.8 Å². The van der Waals surface area contributed by atoms with Crippen LogP contribution in [0.2, 0.25) is 0 Å². The van der Waals surface area contributed by atoms with Crippen LogP contribution in [0, 0.1) is 16.0 Å². The highest BCUT2D eigenvalue weighted by Crippen LogP contribution is 2.25. The van der Waals surface area contributed by atoms with Crippen molar-refractivity contribution >= 4 is 11.5 Å². The summed E-state index contributed by atoms with van der Waals surface area (Å²) in [4.78, 5) is 17.2. The molecule has 2 aliphatic heterocycles. The Balaban J connectivity index is 1.69. The number of nitrogens with zero attached hydrogens (tertiary/aromatic N) is 3. The summed E-state index contributed by atoms with van der Waals surface area (Å²) in [6.07, 6.45) is 2.59. The first kappa shape index (κ1) is 16.1. The summed E-state index contributed by atoms with van der Waals surface area (Å²) in [5.74, 6) is 0.762. The fraction of sp³-hybridized carbons (Fsp3) is 0.667. The molecule has 0 aromatic carbocycles. The summed E-state index contributed by atoms with van der Waals surface area (Å²) in [6, 6.07) is 3.31. The van der Waals surface area contributed by atoms with E-state index in [4.69, 9.17) is 9.47 Å². The van der Waals surface area contributed by atoms with Crippen LogP contribution < -0.4 is 5.32 Å². The van der Waals surface area contributed by atoms with Crippen LogP contribution in [0.25, 0.3) is 0 Å². The Morgan fingerprint density at radius 2 is 2.22 bits per heavy atom. The van der Waals surface area contributed by atoms with Gasteiger partial charge in [0.1, 0.15) is 0 Å². The minimum Gasteiger partial charge on any atom is -0.381 e. The molecule has 3 rings (SSSR count). The first-order valence-electron chi connectivity index (χ1n) is 7.98. The van der Waals surface area contributed by atoms with Crippen LogP contribution in [0.3, 0.4) is 0 Å². The summed E-state index contributed by atoms with van der Waals surface area (Å²) < 4.78 is 11.0. The molecule has 2 saturated heterocycles. The average Bonchev–Trinajstić information content (AvgIpc) is 3.10. The Labute approximate surface area is 134 Å². The minimum absolute atomic E-state index is 0.0101. The van der Waals surface area contributed by atoms with Crippen molar-refractivity contribution in [3.05, 3.63) is 28.4 Å². The molecule has 1 aromatic heterocycles. The quantitative estimate of drug-likeness (QED) is 0.620. The standard InChI is InChI=1S/C15H22N4O4/c20-19(21)13-2-1-4-16-15(13)17-10-14(12-3-7-23-11-12)18-5-8-22-9-6-18/h1-2,4,12,14H,3,5-11H2,(H,16,17). The van der Waals surface area contributed by atoms with Crippen LogP contribution in [0.1, 0.15) is 6.42 Å². The molecule has 2 unspecified atom stereocenters. The third kappa shape index (κ3) is 3.95. The lowest BCUT2D eigenvalue weighted by molar-refractivity contribution is -0.384. The molecule has 3 heterocycles. The zero-order chi connectivity index (χ0) is 16.1. The van der Waals surface area contributed by atoms with Crippen LogP contribution in [0.5, 0.6) is 0 Å². The van der Waals surface area contributed by atoms with E-state index in [0.29, 0.717) is 18.3 Å². The number of ether oxygens (including phenoxy) is 2. The van der Waals surface area contributed by atoms with Gasteiger partial charge < -0.3 is 14.8 Å². The molecule has 126 valence electrons. The Bertz CT molecular complexity index is 530. The van der Waals surface area contributed by atoms with E-state index < -0.39 is 4.92 Å². The maximum atomic E-state index is 11.1. The largest absolute Gasteiger partial charge is 0.381 e. The van der Waals surface area contributed by atoms with Crippen molar-refractivity contribution in [1.82, 2.24) is 9.88 Å². The molecule has 0 bridgehead atoms. The number of hydrogen-bond donors (Lipinski definition) is 1. The molecule has 1 aromatic rings. The number of pyridine rings is 1. The van der Waals surface area contributed by atoms with E-state index in [1.54, 1.807) is 12.3 Å². The maximum Gasteiger partial charge on any atom is 0.311 e. The van der Waals surface area contributed by atoms with E-state index >= 15 is 0 Å². The fourth-order valence-corrected chi connectivity index (χ4v) is 3.24. The molecule has 2 atom stereocenters. The molecule has 0 amide bonds. The van der Waals surface area contributed by atoms with Crippen molar-refractivity contribution < 1.29 is 14.4 Å². The van der Waals surface area contributed by atoms with Crippen molar-refractivity contribution in [2.75, 3.05) is 51.4 Å². The van der Waals surface area contributed by atoms with E-state index in [0.717, 1.165) is 45.9 Å². The molecule has 0 aliphatic carbocycles. The molecule has 2 aliphatic rings. The lowest BCUT2D eigenvalue weighted by Gasteiger charge is -2.37. The van der Waals surface area contributed by atoms with Gasteiger partial charge in [-0.3, -0.25) is 15.0 Å². The third-order valence-corrected chi connectivity index (χ3v) is 4.49. The summed E-state index contributed by atoms with van der Waals surface area (Å²) in [7, 11) is 0. The SMILES string of the molecule is O=[N+]([O-])c1cccnc1NCC(C1CCOC1)N1CCOCC1. The molecular formula is C15H22N4O4. The van der Waals surface area contributed by atoms with Gasteiger partial charge in [0.05, 0.1) is 24.7 Å². The van der Waals surface area contributed by atoms with Crippen LogP contribution in [0.4, 0.5) is 11.5 Å². The van der Waals surface area contributed by atoms with Crippen molar-refractivity contribution in [1.29, 1.82) is 0 Å². The smallest absolute Gasteiger partial charge is 0.311 e. The monoisotopic (exact) mass is 322 g/mol. The van der Waals surface area contributed by atoms with Gasteiger partial charge in [0.15, 0.2) is 0 Å². The highest BCUT2D eigenvalue weighted by Gasteiger charge is 2.32. The molecule has 1 N–H and O–H groups in total. The first-order chi connectivity index (χ1) is 11.3. The van der Waals surface area contributed by atoms with E-state index in [1.807, 2.05) is 0 Å². The first-order valence-corrected chi connectivity index (χ1v) is 7.98. The second kappa shape index (κ2) is 7.67. The Kier molecular flexibility index (Phi) is 5.37. The number of aromatic nitrogens is 1. The van der Waals surface area contributed by atoms with E-state index in [1.165, 1.54) is 6.07 Å². The molecule has 2 fully saturated rings. The predicted octanol–water partition coefficient (Wildman–Crippen LogP) is 1.14. The number of rotatable bonds is 6. The van der Waals surface area contributed by atoms with Gasteiger partial charge in [-0.25, -0.2) is 4.98 Å². The molecule has 8 nitrogen and oxygen atoms in total. The van der Waals surface area contributed by atoms with Gasteiger partial charge >= 0.3 is 5.69 Å². The summed E-state index contributed by atoms with van der Waals surface area (Å²) in [5.41, 5.74) is 0.0101. The molecule has 0 saturated carbocycles. The predicted molar refractivity (Wildman–Crippen MR) is 84.5 cm³/mol.